The number of amides is 2. The SMILES string of the molecule is COC(=O)CNC(=O)C(CCCC(=O)O)NC(=O)OC(C)(C)C. The van der Waals surface area contributed by atoms with Gasteiger partial charge >= 0.3 is 18.0 Å². The van der Waals surface area contributed by atoms with Crippen LogP contribution in [0.4, 0.5) is 4.79 Å². The summed E-state index contributed by atoms with van der Waals surface area (Å²) in [6, 6.07) is -1.01. The number of methoxy groups -OCH3 is 1. The standard InChI is InChI=1S/C14H24N2O7/c1-14(2,3)23-13(21)16-9(6-5-7-10(17)18)12(20)15-8-11(19)22-4/h9H,5-8H2,1-4H3,(H,15,20)(H,16,21)(H,17,18). The summed E-state index contributed by atoms with van der Waals surface area (Å²) in [6.07, 6.45) is -0.664. The third-order valence-corrected chi connectivity index (χ3v) is 2.53. The van der Waals surface area contributed by atoms with E-state index in [1.807, 2.05) is 0 Å². The summed E-state index contributed by atoms with van der Waals surface area (Å²) in [5.74, 6) is -2.26. The Balaban J connectivity index is 4.65. The molecule has 2 amide bonds. The average molecular weight is 332 g/mol. The first-order chi connectivity index (χ1) is 10.5. The van der Waals surface area contributed by atoms with Crippen molar-refractivity contribution >= 4 is 23.9 Å². The second-order valence-corrected chi connectivity index (χ2v) is 5.78. The number of esters is 1. The van der Waals surface area contributed by atoms with Crippen molar-refractivity contribution in [3.05, 3.63) is 0 Å². The molecule has 0 aliphatic heterocycles. The van der Waals surface area contributed by atoms with Gasteiger partial charge in [0.05, 0.1) is 7.11 Å². The number of hydrogen-bond acceptors (Lipinski definition) is 6. The Bertz CT molecular complexity index is 443. The fourth-order valence-corrected chi connectivity index (χ4v) is 1.53. The van der Waals surface area contributed by atoms with Crippen LogP contribution >= 0.6 is 0 Å². The maximum absolute atomic E-state index is 12.0. The number of alkyl carbamates (subject to hydrolysis) is 1. The lowest BCUT2D eigenvalue weighted by Gasteiger charge is -2.23. The number of nitrogens with one attached hydrogen (secondary N) is 2. The number of carbonyl (C=O) groups is 4. The topological polar surface area (TPSA) is 131 Å². The van der Waals surface area contributed by atoms with Crippen molar-refractivity contribution in [2.45, 2.75) is 51.7 Å². The minimum absolute atomic E-state index is 0.0958. The first-order valence-electron chi connectivity index (χ1n) is 7.11. The zero-order valence-corrected chi connectivity index (χ0v) is 13.8. The predicted molar refractivity (Wildman–Crippen MR) is 79.7 cm³/mol. The molecule has 0 bridgehead atoms. The molecule has 0 aromatic heterocycles. The molecule has 0 aromatic carbocycles. The number of ether oxygens (including phenoxy) is 2. The molecule has 0 rings (SSSR count). The van der Waals surface area contributed by atoms with Crippen LogP contribution in [0.2, 0.25) is 0 Å². The summed E-state index contributed by atoms with van der Waals surface area (Å²) in [5.41, 5.74) is -0.738. The fraction of sp³-hybridized carbons (Fsp3) is 0.714. The van der Waals surface area contributed by atoms with Gasteiger partial charge in [0.1, 0.15) is 18.2 Å². The number of carboxylic acids is 1. The number of carbonyl (C=O) groups excluding carboxylic acids is 3. The Kier molecular flexibility index (Phi) is 8.67. The number of hydrogen-bond donors (Lipinski definition) is 3. The van der Waals surface area contributed by atoms with E-state index >= 15 is 0 Å². The van der Waals surface area contributed by atoms with E-state index in [0.29, 0.717) is 0 Å². The summed E-state index contributed by atoms with van der Waals surface area (Å²) in [5, 5.41) is 13.3. The van der Waals surface area contributed by atoms with Crippen LogP contribution in [0.5, 0.6) is 0 Å². The lowest BCUT2D eigenvalue weighted by Crippen LogP contribution is -2.49. The Morgan fingerprint density at radius 3 is 2.26 bits per heavy atom. The maximum atomic E-state index is 12.0. The van der Waals surface area contributed by atoms with Gasteiger partial charge in [-0.15, -0.1) is 0 Å². The van der Waals surface area contributed by atoms with E-state index in [9.17, 15) is 19.2 Å². The molecular formula is C14H24N2O7. The number of rotatable bonds is 8. The van der Waals surface area contributed by atoms with E-state index in [4.69, 9.17) is 9.84 Å². The summed E-state index contributed by atoms with van der Waals surface area (Å²) < 4.78 is 9.45. The van der Waals surface area contributed by atoms with Crippen LogP contribution in [0.25, 0.3) is 0 Å². The molecule has 9 heteroatoms. The normalized spacial score (nSPS) is 12.0. The Morgan fingerprint density at radius 1 is 1.17 bits per heavy atom. The fourth-order valence-electron chi connectivity index (χ4n) is 1.53. The summed E-state index contributed by atoms with van der Waals surface area (Å²) in [6.45, 7) is 4.66. The van der Waals surface area contributed by atoms with Crippen molar-refractivity contribution in [2.75, 3.05) is 13.7 Å². The molecule has 0 saturated carbocycles. The second-order valence-electron chi connectivity index (χ2n) is 5.78. The van der Waals surface area contributed by atoms with Gasteiger partial charge in [0, 0.05) is 6.42 Å². The van der Waals surface area contributed by atoms with Gasteiger partial charge < -0.3 is 25.2 Å². The molecule has 0 heterocycles. The zero-order valence-electron chi connectivity index (χ0n) is 13.8. The molecule has 3 N–H and O–H groups in total. The van der Waals surface area contributed by atoms with Gasteiger partial charge in [0.2, 0.25) is 5.91 Å². The molecule has 0 radical (unpaired) electrons. The van der Waals surface area contributed by atoms with E-state index in [-0.39, 0.29) is 25.8 Å². The van der Waals surface area contributed by atoms with Crippen molar-refractivity contribution in [1.29, 1.82) is 0 Å². The van der Waals surface area contributed by atoms with Crippen molar-refractivity contribution < 1.29 is 33.8 Å². The van der Waals surface area contributed by atoms with E-state index in [0.717, 1.165) is 0 Å². The molecular weight excluding hydrogens is 308 g/mol. The lowest BCUT2D eigenvalue weighted by atomic mass is 10.1. The van der Waals surface area contributed by atoms with Crippen LogP contribution in [0, 0.1) is 0 Å². The van der Waals surface area contributed by atoms with Crippen molar-refractivity contribution in [1.82, 2.24) is 10.6 Å². The molecule has 0 saturated heterocycles. The number of aliphatic carboxylic acids is 1. The van der Waals surface area contributed by atoms with Gasteiger partial charge in [0.25, 0.3) is 0 Å². The Hall–Kier alpha value is -2.32. The maximum Gasteiger partial charge on any atom is 0.408 e. The van der Waals surface area contributed by atoms with Crippen LogP contribution in [0.15, 0.2) is 0 Å². The summed E-state index contributed by atoms with van der Waals surface area (Å²) in [4.78, 5) is 45.3. The lowest BCUT2D eigenvalue weighted by molar-refractivity contribution is -0.141. The molecule has 0 fully saturated rings. The van der Waals surface area contributed by atoms with E-state index in [2.05, 4.69) is 15.4 Å². The minimum atomic E-state index is -1.01. The monoisotopic (exact) mass is 332 g/mol. The highest BCUT2D eigenvalue weighted by Gasteiger charge is 2.24. The molecule has 1 unspecified atom stereocenters. The highest BCUT2D eigenvalue weighted by molar-refractivity contribution is 5.88. The molecule has 0 aliphatic rings. The van der Waals surface area contributed by atoms with Crippen LogP contribution in [-0.4, -0.2) is 54.3 Å². The highest BCUT2D eigenvalue weighted by Crippen LogP contribution is 2.08. The molecule has 0 spiro atoms. The molecule has 132 valence electrons. The first-order valence-corrected chi connectivity index (χ1v) is 7.11. The third-order valence-electron chi connectivity index (χ3n) is 2.53. The average Bonchev–Trinajstić information content (AvgIpc) is 2.40. The highest BCUT2D eigenvalue weighted by atomic mass is 16.6. The Morgan fingerprint density at radius 2 is 1.78 bits per heavy atom. The van der Waals surface area contributed by atoms with Gasteiger partial charge in [-0.05, 0) is 33.6 Å². The van der Waals surface area contributed by atoms with Gasteiger partial charge in [0.15, 0.2) is 0 Å². The molecule has 1 atom stereocenters. The summed E-state index contributed by atoms with van der Waals surface area (Å²) >= 11 is 0. The van der Waals surface area contributed by atoms with Crippen LogP contribution < -0.4 is 10.6 Å². The van der Waals surface area contributed by atoms with Crippen LogP contribution in [0.1, 0.15) is 40.0 Å². The zero-order chi connectivity index (χ0) is 18.0. The van der Waals surface area contributed by atoms with Gasteiger partial charge in [-0.3, -0.25) is 14.4 Å². The smallest absolute Gasteiger partial charge is 0.408 e. The Labute approximate surface area is 134 Å². The summed E-state index contributed by atoms with van der Waals surface area (Å²) in [7, 11) is 1.18. The third kappa shape index (κ3) is 11.0. The molecule has 9 nitrogen and oxygen atoms in total. The predicted octanol–water partition coefficient (Wildman–Crippen LogP) is 0.424. The largest absolute Gasteiger partial charge is 0.481 e. The molecule has 0 aromatic rings. The van der Waals surface area contributed by atoms with Crippen molar-refractivity contribution in [2.24, 2.45) is 0 Å². The van der Waals surface area contributed by atoms with Gasteiger partial charge in [-0.25, -0.2) is 4.79 Å². The number of carboxylic acid groups (broad SMARTS) is 1. The first kappa shape index (κ1) is 20.7. The molecule has 23 heavy (non-hydrogen) atoms. The quantitative estimate of drug-likeness (QED) is 0.549. The van der Waals surface area contributed by atoms with E-state index < -0.39 is 35.6 Å². The van der Waals surface area contributed by atoms with Crippen LogP contribution in [-0.2, 0) is 23.9 Å². The van der Waals surface area contributed by atoms with Crippen molar-refractivity contribution in [3.63, 3.8) is 0 Å². The van der Waals surface area contributed by atoms with Gasteiger partial charge in [-0.1, -0.05) is 0 Å². The van der Waals surface area contributed by atoms with Crippen molar-refractivity contribution in [3.8, 4) is 0 Å². The van der Waals surface area contributed by atoms with Crippen LogP contribution in [0.3, 0.4) is 0 Å². The second kappa shape index (κ2) is 9.65. The minimum Gasteiger partial charge on any atom is -0.481 e. The molecule has 0 aliphatic carbocycles. The van der Waals surface area contributed by atoms with Gasteiger partial charge in [-0.2, -0.15) is 0 Å². The van der Waals surface area contributed by atoms with E-state index in [1.165, 1.54) is 7.11 Å². The van der Waals surface area contributed by atoms with E-state index in [1.54, 1.807) is 20.8 Å².